The van der Waals surface area contributed by atoms with Crippen molar-refractivity contribution in [3.8, 4) is 0 Å². The molecule has 0 heterocycles. The summed E-state index contributed by atoms with van der Waals surface area (Å²) in [6, 6.07) is 10.0. The second kappa shape index (κ2) is 4.05. The summed E-state index contributed by atoms with van der Waals surface area (Å²) >= 11 is 0. The Morgan fingerprint density at radius 1 is 1.25 bits per heavy atom. The number of nitrogens with one attached hydrogen (secondary N) is 1. The molecule has 0 amide bonds. The van der Waals surface area contributed by atoms with Crippen LogP contribution >= 0.6 is 0 Å². The number of hydrogen-bond acceptors (Lipinski definition) is 2. The van der Waals surface area contributed by atoms with Gasteiger partial charge in [0.2, 0.25) is 0 Å². The summed E-state index contributed by atoms with van der Waals surface area (Å²) in [5.41, 5.74) is 0.830. The van der Waals surface area contributed by atoms with Crippen LogP contribution in [0.15, 0.2) is 54.3 Å². The molecule has 0 aliphatic heterocycles. The van der Waals surface area contributed by atoms with Crippen LogP contribution in [0, 0.1) is 5.92 Å². The lowest BCUT2D eigenvalue weighted by molar-refractivity contribution is 0.294. The number of anilines is 1. The first-order valence-electron chi connectivity index (χ1n) is 5.53. The molecule has 0 spiro atoms. The quantitative estimate of drug-likeness (QED) is 0.791. The number of hydrogen-bond donors (Lipinski definition) is 2. The Labute approximate surface area is 96.3 Å². The lowest BCUT2D eigenvalue weighted by Gasteiger charge is -2.36. The molecule has 1 aliphatic rings. The zero-order valence-corrected chi connectivity index (χ0v) is 9.64. The first kappa shape index (κ1) is 10.8. The second-order valence-electron chi connectivity index (χ2n) is 4.45. The minimum Gasteiger partial charge on any atom is -0.512 e. The SMILES string of the molecule is CC1C(O)=CC=CC1(C)Nc1ccccc1. The second-order valence-corrected chi connectivity index (χ2v) is 4.45. The van der Waals surface area contributed by atoms with Gasteiger partial charge in [-0.15, -0.1) is 0 Å². The van der Waals surface area contributed by atoms with E-state index >= 15 is 0 Å². The van der Waals surface area contributed by atoms with Gasteiger partial charge in [-0.25, -0.2) is 0 Å². The standard InChI is InChI=1S/C14H17NO/c1-11-13(16)9-6-10-14(11,2)15-12-7-4-3-5-8-12/h3-11,15-16H,1-2H3. The van der Waals surface area contributed by atoms with Gasteiger partial charge in [-0.05, 0) is 25.1 Å². The predicted octanol–water partition coefficient (Wildman–Crippen LogP) is 3.51. The Bertz CT molecular complexity index is 422. The van der Waals surface area contributed by atoms with Crippen LogP contribution in [0.5, 0.6) is 0 Å². The largest absolute Gasteiger partial charge is 0.512 e. The van der Waals surface area contributed by atoms with Crippen LogP contribution in [0.3, 0.4) is 0 Å². The molecule has 2 nitrogen and oxygen atoms in total. The number of benzene rings is 1. The van der Waals surface area contributed by atoms with E-state index in [0.29, 0.717) is 5.76 Å². The predicted molar refractivity (Wildman–Crippen MR) is 67.5 cm³/mol. The van der Waals surface area contributed by atoms with Gasteiger partial charge in [-0.2, -0.15) is 0 Å². The molecule has 1 aliphatic carbocycles. The molecule has 0 bridgehead atoms. The van der Waals surface area contributed by atoms with Gasteiger partial charge in [0.15, 0.2) is 0 Å². The van der Waals surface area contributed by atoms with Crippen molar-refractivity contribution in [2.75, 3.05) is 5.32 Å². The van der Waals surface area contributed by atoms with Crippen LogP contribution in [0.1, 0.15) is 13.8 Å². The van der Waals surface area contributed by atoms with Gasteiger partial charge in [0.1, 0.15) is 0 Å². The minimum absolute atomic E-state index is 0.0673. The lowest BCUT2D eigenvalue weighted by Crippen LogP contribution is -2.41. The van der Waals surface area contributed by atoms with Crippen molar-refractivity contribution in [2.45, 2.75) is 19.4 Å². The summed E-state index contributed by atoms with van der Waals surface area (Å²) in [5.74, 6) is 0.492. The number of rotatable bonds is 2. The van der Waals surface area contributed by atoms with Crippen LogP contribution in [-0.4, -0.2) is 10.6 Å². The van der Waals surface area contributed by atoms with Crippen LogP contribution < -0.4 is 5.32 Å². The van der Waals surface area contributed by atoms with E-state index in [1.807, 2.05) is 43.3 Å². The average molecular weight is 215 g/mol. The van der Waals surface area contributed by atoms with Crippen molar-refractivity contribution in [1.82, 2.24) is 0 Å². The third-order valence-electron chi connectivity index (χ3n) is 3.24. The Morgan fingerprint density at radius 2 is 1.94 bits per heavy atom. The fourth-order valence-corrected chi connectivity index (χ4v) is 1.92. The first-order valence-corrected chi connectivity index (χ1v) is 5.53. The van der Waals surface area contributed by atoms with Gasteiger partial charge < -0.3 is 10.4 Å². The van der Waals surface area contributed by atoms with E-state index in [9.17, 15) is 5.11 Å². The number of allylic oxidation sites excluding steroid dienone is 2. The van der Waals surface area contributed by atoms with Gasteiger partial charge in [-0.1, -0.05) is 37.3 Å². The molecule has 2 heteroatoms. The Kier molecular flexibility index (Phi) is 2.73. The molecule has 2 rings (SSSR count). The molecule has 0 fully saturated rings. The maximum Gasteiger partial charge on any atom is 0.0977 e. The van der Waals surface area contributed by atoms with Gasteiger partial charge in [-0.3, -0.25) is 0 Å². The van der Waals surface area contributed by atoms with Crippen molar-refractivity contribution in [2.24, 2.45) is 5.92 Å². The van der Waals surface area contributed by atoms with E-state index in [0.717, 1.165) is 5.69 Å². The van der Waals surface area contributed by atoms with Crippen molar-refractivity contribution < 1.29 is 5.11 Å². The summed E-state index contributed by atoms with van der Waals surface area (Å²) in [6.07, 6.45) is 5.73. The van der Waals surface area contributed by atoms with E-state index < -0.39 is 0 Å². The fraction of sp³-hybridized carbons (Fsp3) is 0.286. The van der Waals surface area contributed by atoms with Gasteiger partial charge in [0.25, 0.3) is 0 Å². The molecular formula is C14H17NO. The summed E-state index contributed by atoms with van der Waals surface area (Å²) in [4.78, 5) is 0. The molecule has 0 saturated heterocycles. The molecule has 1 aromatic rings. The monoisotopic (exact) mass is 215 g/mol. The van der Waals surface area contributed by atoms with Gasteiger partial charge in [0, 0.05) is 11.6 Å². The fourth-order valence-electron chi connectivity index (χ4n) is 1.92. The first-order chi connectivity index (χ1) is 7.62. The van der Waals surface area contributed by atoms with E-state index in [1.54, 1.807) is 6.08 Å². The highest BCUT2D eigenvalue weighted by atomic mass is 16.3. The average Bonchev–Trinajstić information content (AvgIpc) is 2.27. The summed E-state index contributed by atoms with van der Waals surface area (Å²) in [6.45, 7) is 4.11. The highest BCUT2D eigenvalue weighted by Gasteiger charge is 2.32. The Hall–Kier alpha value is -1.70. The van der Waals surface area contributed by atoms with Crippen molar-refractivity contribution >= 4 is 5.69 Å². The number of aliphatic hydroxyl groups excluding tert-OH is 1. The van der Waals surface area contributed by atoms with Crippen LogP contribution in [-0.2, 0) is 0 Å². The minimum atomic E-state index is -0.236. The number of para-hydroxylation sites is 1. The van der Waals surface area contributed by atoms with E-state index in [1.165, 1.54) is 0 Å². The molecule has 1 aromatic carbocycles. The molecule has 0 saturated carbocycles. The third kappa shape index (κ3) is 1.96. The van der Waals surface area contributed by atoms with Crippen LogP contribution in [0.4, 0.5) is 5.69 Å². The molecular weight excluding hydrogens is 198 g/mol. The summed E-state index contributed by atoms with van der Waals surface area (Å²) in [7, 11) is 0. The van der Waals surface area contributed by atoms with Crippen molar-refractivity contribution in [3.63, 3.8) is 0 Å². The van der Waals surface area contributed by atoms with Crippen LogP contribution in [0.25, 0.3) is 0 Å². The zero-order chi connectivity index (χ0) is 11.6. The molecule has 0 radical (unpaired) electrons. The Balaban J connectivity index is 2.21. The topological polar surface area (TPSA) is 32.3 Å². The molecule has 2 unspecified atom stereocenters. The van der Waals surface area contributed by atoms with E-state index in [2.05, 4.69) is 18.3 Å². The summed E-state index contributed by atoms with van der Waals surface area (Å²) in [5, 5.41) is 13.2. The smallest absolute Gasteiger partial charge is 0.0977 e. The van der Waals surface area contributed by atoms with E-state index in [4.69, 9.17) is 0 Å². The Morgan fingerprint density at radius 3 is 2.62 bits per heavy atom. The zero-order valence-electron chi connectivity index (χ0n) is 9.64. The van der Waals surface area contributed by atoms with Crippen molar-refractivity contribution in [3.05, 3.63) is 54.3 Å². The van der Waals surface area contributed by atoms with Gasteiger partial charge in [0.05, 0.1) is 11.3 Å². The van der Waals surface area contributed by atoms with Crippen LogP contribution in [0.2, 0.25) is 0 Å². The molecule has 2 N–H and O–H groups in total. The summed E-state index contributed by atoms with van der Waals surface area (Å²) < 4.78 is 0. The molecule has 0 aromatic heterocycles. The highest BCUT2D eigenvalue weighted by Crippen LogP contribution is 2.31. The maximum absolute atomic E-state index is 9.76. The number of aliphatic hydroxyl groups is 1. The molecule has 2 atom stereocenters. The maximum atomic E-state index is 9.76. The third-order valence-corrected chi connectivity index (χ3v) is 3.24. The molecule has 16 heavy (non-hydrogen) atoms. The normalized spacial score (nSPS) is 28.6. The van der Waals surface area contributed by atoms with E-state index in [-0.39, 0.29) is 11.5 Å². The highest BCUT2D eigenvalue weighted by molar-refractivity contribution is 5.48. The van der Waals surface area contributed by atoms with Crippen molar-refractivity contribution in [1.29, 1.82) is 0 Å². The lowest BCUT2D eigenvalue weighted by atomic mass is 9.82. The van der Waals surface area contributed by atoms with Gasteiger partial charge >= 0.3 is 0 Å². The molecule has 84 valence electrons.